The van der Waals surface area contributed by atoms with Gasteiger partial charge in [0.1, 0.15) is 22.5 Å². The molecule has 0 aliphatic heterocycles. The number of aromatic amines is 1. The van der Waals surface area contributed by atoms with Crippen LogP contribution in [0.15, 0.2) is 59.4 Å². The molecule has 0 fully saturated rings. The number of ether oxygens (including phenoxy) is 1. The van der Waals surface area contributed by atoms with Gasteiger partial charge in [-0.25, -0.2) is 0 Å². The third kappa shape index (κ3) is 2.79. The predicted molar refractivity (Wildman–Crippen MR) is 107 cm³/mol. The number of benzene rings is 2. The van der Waals surface area contributed by atoms with E-state index in [9.17, 15) is 9.90 Å². The van der Waals surface area contributed by atoms with Gasteiger partial charge in [-0.15, -0.1) is 0 Å². The van der Waals surface area contributed by atoms with Crippen LogP contribution in [0.1, 0.15) is 5.56 Å². The molecule has 0 atom stereocenters. The highest BCUT2D eigenvalue weighted by molar-refractivity contribution is 6.31. The maximum Gasteiger partial charge on any atom is 0.270 e. The second-order valence-electron chi connectivity index (χ2n) is 6.13. The lowest BCUT2D eigenvalue weighted by Gasteiger charge is -2.10. The highest BCUT2D eigenvalue weighted by Crippen LogP contribution is 2.33. The van der Waals surface area contributed by atoms with Crippen molar-refractivity contribution in [1.82, 2.24) is 9.55 Å². The number of nitrogens with zero attached hydrogens (tertiary/aromatic N) is 2. The number of methoxy groups -OCH3 is 1. The van der Waals surface area contributed by atoms with Crippen molar-refractivity contribution in [1.29, 1.82) is 5.26 Å². The summed E-state index contributed by atoms with van der Waals surface area (Å²) in [6, 6.07) is 18.5. The summed E-state index contributed by atoms with van der Waals surface area (Å²) < 4.78 is 6.76. The smallest absolute Gasteiger partial charge is 0.270 e. The quantitative estimate of drug-likeness (QED) is 0.547. The molecule has 4 rings (SSSR count). The van der Waals surface area contributed by atoms with E-state index in [1.165, 1.54) is 6.07 Å². The van der Waals surface area contributed by atoms with Crippen LogP contribution in [-0.2, 0) is 0 Å². The first-order chi connectivity index (χ1) is 13.5. The first-order valence-corrected chi connectivity index (χ1v) is 8.72. The molecular weight excluding hydrogens is 378 g/mol. The average Bonchev–Trinajstić information content (AvgIpc) is 3.04. The predicted octanol–water partition coefficient (Wildman–Crippen LogP) is 4.23. The normalized spacial score (nSPS) is 10.8. The molecule has 0 radical (unpaired) electrons. The number of H-pyrrole nitrogens is 1. The molecule has 2 heterocycles. The zero-order valence-electron chi connectivity index (χ0n) is 14.7. The van der Waals surface area contributed by atoms with Gasteiger partial charge in [0.2, 0.25) is 0 Å². The highest BCUT2D eigenvalue weighted by atomic mass is 35.5. The van der Waals surface area contributed by atoms with Gasteiger partial charge in [-0.05, 0) is 41.5 Å². The van der Waals surface area contributed by atoms with Gasteiger partial charge in [0.05, 0.1) is 12.6 Å². The summed E-state index contributed by atoms with van der Waals surface area (Å²) in [6.07, 6.45) is 0. The zero-order chi connectivity index (χ0) is 19.8. The zero-order valence-corrected chi connectivity index (χ0v) is 15.5. The maximum absolute atomic E-state index is 11.9. The number of aromatic nitrogens is 2. The molecule has 0 aliphatic carbocycles. The van der Waals surface area contributed by atoms with E-state index in [1.807, 2.05) is 48.5 Å². The van der Waals surface area contributed by atoms with Crippen LogP contribution in [0.4, 0.5) is 0 Å². The number of aromatic hydroxyl groups is 1. The molecule has 0 spiro atoms. The molecule has 0 bridgehead atoms. The summed E-state index contributed by atoms with van der Waals surface area (Å²) in [6.45, 7) is 0. The number of halogens is 1. The minimum atomic E-state index is -0.656. The van der Waals surface area contributed by atoms with Crippen LogP contribution in [0.2, 0.25) is 5.15 Å². The molecular formula is C21H14ClN3O3. The van der Waals surface area contributed by atoms with E-state index < -0.39 is 11.3 Å². The third-order valence-corrected chi connectivity index (χ3v) is 4.83. The number of nitrogens with one attached hydrogen (secondary N) is 1. The lowest BCUT2D eigenvalue weighted by atomic mass is 10.1. The number of nitriles is 1. The highest BCUT2D eigenvalue weighted by Gasteiger charge is 2.18. The van der Waals surface area contributed by atoms with Gasteiger partial charge in [0.25, 0.3) is 5.56 Å². The molecule has 2 N–H and O–H groups in total. The molecule has 0 aliphatic rings. The Kier molecular flexibility index (Phi) is 4.30. The molecule has 6 nitrogen and oxygen atoms in total. The third-order valence-electron chi connectivity index (χ3n) is 4.55. The van der Waals surface area contributed by atoms with E-state index in [2.05, 4.69) is 4.98 Å². The van der Waals surface area contributed by atoms with Gasteiger partial charge in [0, 0.05) is 5.69 Å². The first-order valence-electron chi connectivity index (χ1n) is 8.34. The van der Waals surface area contributed by atoms with Crippen LogP contribution >= 0.6 is 11.6 Å². The first kappa shape index (κ1) is 17.7. The molecule has 0 unspecified atom stereocenters. The van der Waals surface area contributed by atoms with Crippen molar-refractivity contribution in [2.75, 3.05) is 7.11 Å². The van der Waals surface area contributed by atoms with Crippen LogP contribution in [0, 0.1) is 11.3 Å². The van der Waals surface area contributed by atoms with E-state index in [-0.39, 0.29) is 11.1 Å². The van der Waals surface area contributed by atoms with Crippen molar-refractivity contribution >= 4 is 22.6 Å². The minimum Gasteiger partial charge on any atom is -0.504 e. The van der Waals surface area contributed by atoms with Crippen LogP contribution in [-0.4, -0.2) is 21.8 Å². The Morgan fingerprint density at radius 2 is 1.71 bits per heavy atom. The Morgan fingerprint density at radius 3 is 2.29 bits per heavy atom. The van der Waals surface area contributed by atoms with Gasteiger partial charge in [-0.3, -0.25) is 9.36 Å². The fraction of sp³-hybridized carbons (Fsp3) is 0.0476. The second kappa shape index (κ2) is 6.80. The SMILES string of the molecule is COc1ccc(-c2ccc(-n3c(Cl)cc4[nH]c(=O)c(C#N)c(O)c43)cc2)cc1. The van der Waals surface area contributed by atoms with Crippen LogP contribution in [0.3, 0.4) is 0 Å². The summed E-state index contributed by atoms with van der Waals surface area (Å²) in [5.74, 6) is 0.385. The molecule has 0 saturated heterocycles. The van der Waals surface area contributed by atoms with E-state index in [4.69, 9.17) is 21.6 Å². The Balaban J connectivity index is 1.83. The van der Waals surface area contributed by atoms with Crippen molar-refractivity contribution < 1.29 is 9.84 Å². The number of hydrogen-bond acceptors (Lipinski definition) is 4. The average molecular weight is 392 g/mol. The number of fused-ring (bicyclic) bond motifs is 1. The number of rotatable bonds is 3. The Bertz CT molecular complexity index is 1280. The molecule has 2 aromatic heterocycles. The van der Waals surface area contributed by atoms with Gasteiger partial charge in [-0.1, -0.05) is 35.9 Å². The monoisotopic (exact) mass is 391 g/mol. The number of pyridine rings is 1. The Labute approximate surface area is 164 Å². The maximum atomic E-state index is 11.9. The summed E-state index contributed by atoms with van der Waals surface area (Å²) in [4.78, 5) is 14.5. The Hall–Kier alpha value is -3.69. The molecule has 4 aromatic rings. The Morgan fingerprint density at radius 1 is 1.11 bits per heavy atom. The summed E-state index contributed by atoms with van der Waals surface area (Å²) >= 11 is 6.35. The van der Waals surface area contributed by atoms with Crippen molar-refractivity contribution in [3.63, 3.8) is 0 Å². The van der Waals surface area contributed by atoms with Crippen LogP contribution < -0.4 is 10.3 Å². The molecule has 28 heavy (non-hydrogen) atoms. The van der Waals surface area contributed by atoms with E-state index in [0.29, 0.717) is 16.4 Å². The van der Waals surface area contributed by atoms with E-state index >= 15 is 0 Å². The molecule has 7 heteroatoms. The van der Waals surface area contributed by atoms with E-state index in [1.54, 1.807) is 17.7 Å². The molecule has 0 saturated carbocycles. The van der Waals surface area contributed by atoms with Crippen molar-refractivity contribution in [2.45, 2.75) is 0 Å². The standard InChI is InChI=1S/C21H14ClN3O3/c1-28-15-8-4-13(5-9-15)12-2-6-14(7-3-12)25-18(22)10-17-19(25)20(26)16(11-23)21(27)24-17/h2-10H,1H3,(H2,24,26,27). The van der Waals surface area contributed by atoms with Crippen LogP contribution in [0.5, 0.6) is 11.5 Å². The minimum absolute atomic E-state index is 0.276. The van der Waals surface area contributed by atoms with Crippen LogP contribution in [0.25, 0.3) is 27.8 Å². The van der Waals surface area contributed by atoms with Gasteiger partial charge in [0.15, 0.2) is 11.3 Å². The summed E-state index contributed by atoms with van der Waals surface area (Å²) in [7, 11) is 1.62. The molecule has 2 aromatic carbocycles. The van der Waals surface area contributed by atoms with Crippen molar-refractivity contribution in [2.24, 2.45) is 0 Å². The number of hydrogen-bond donors (Lipinski definition) is 2. The lowest BCUT2D eigenvalue weighted by molar-refractivity contribution is 0.415. The molecule has 138 valence electrons. The van der Waals surface area contributed by atoms with E-state index in [0.717, 1.165) is 16.9 Å². The fourth-order valence-electron chi connectivity index (χ4n) is 3.16. The van der Waals surface area contributed by atoms with Crippen molar-refractivity contribution in [3.8, 4) is 34.4 Å². The largest absolute Gasteiger partial charge is 0.504 e. The van der Waals surface area contributed by atoms with Crippen molar-refractivity contribution in [3.05, 3.63) is 75.7 Å². The fourth-order valence-corrected chi connectivity index (χ4v) is 3.45. The topological polar surface area (TPSA) is 91.0 Å². The lowest BCUT2D eigenvalue weighted by Crippen LogP contribution is -2.10. The second-order valence-corrected chi connectivity index (χ2v) is 6.52. The van der Waals surface area contributed by atoms with Gasteiger partial charge in [-0.2, -0.15) is 5.26 Å². The van der Waals surface area contributed by atoms with Gasteiger partial charge >= 0.3 is 0 Å². The van der Waals surface area contributed by atoms with Gasteiger partial charge < -0.3 is 14.8 Å². The molecule has 0 amide bonds. The summed E-state index contributed by atoms with van der Waals surface area (Å²) in [5.41, 5.74) is 2.33. The summed E-state index contributed by atoms with van der Waals surface area (Å²) in [5, 5.41) is 19.9.